The molecule has 0 aliphatic heterocycles. The Balaban J connectivity index is 1.69. The average molecular weight is 243 g/mol. The first-order valence-corrected chi connectivity index (χ1v) is 6.88. The van der Waals surface area contributed by atoms with Crippen molar-refractivity contribution < 1.29 is 5.11 Å². The number of phenols is 1. The topological polar surface area (TPSA) is 32.3 Å². The second kappa shape index (κ2) is 4.34. The third-order valence-corrected chi connectivity index (χ3v) is 4.56. The van der Waals surface area contributed by atoms with Crippen molar-refractivity contribution in [2.24, 2.45) is 17.8 Å². The monoisotopic (exact) mass is 243 g/mol. The molecule has 1 aromatic carbocycles. The number of aromatic hydroxyl groups is 1. The van der Waals surface area contributed by atoms with Crippen molar-refractivity contribution >= 4 is 5.69 Å². The SMILES string of the molecule is Cc1cc(NC(C)C2CC3C=CC2C3)ccc1O. The fourth-order valence-electron chi connectivity index (χ4n) is 3.51. The maximum atomic E-state index is 9.54. The first kappa shape index (κ1) is 11.6. The highest BCUT2D eigenvalue weighted by Crippen LogP contribution is 2.45. The minimum Gasteiger partial charge on any atom is -0.508 e. The second-order valence-corrected chi connectivity index (χ2v) is 5.88. The van der Waals surface area contributed by atoms with Gasteiger partial charge in [0, 0.05) is 11.7 Å². The number of hydrogen-bond acceptors (Lipinski definition) is 2. The molecule has 96 valence electrons. The van der Waals surface area contributed by atoms with Gasteiger partial charge in [-0.25, -0.2) is 0 Å². The Morgan fingerprint density at radius 2 is 2.11 bits per heavy atom. The third-order valence-electron chi connectivity index (χ3n) is 4.56. The van der Waals surface area contributed by atoms with Crippen molar-refractivity contribution in [2.75, 3.05) is 5.32 Å². The zero-order valence-electron chi connectivity index (χ0n) is 11.1. The van der Waals surface area contributed by atoms with E-state index < -0.39 is 0 Å². The van der Waals surface area contributed by atoms with E-state index in [1.807, 2.05) is 19.1 Å². The smallest absolute Gasteiger partial charge is 0.118 e. The maximum Gasteiger partial charge on any atom is 0.118 e. The van der Waals surface area contributed by atoms with Gasteiger partial charge in [0.1, 0.15) is 5.75 Å². The molecule has 1 saturated carbocycles. The van der Waals surface area contributed by atoms with Crippen LogP contribution in [0, 0.1) is 24.7 Å². The van der Waals surface area contributed by atoms with Crippen LogP contribution >= 0.6 is 0 Å². The Morgan fingerprint density at radius 3 is 2.72 bits per heavy atom. The summed E-state index contributed by atoms with van der Waals surface area (Å²) in [4.78, 5) is 0. The van der Waals surface area contributed by atoms with E-state index in [4.69, 9.17) is 0 Å². The van der Waals surface area contributed by atoms with Crippen LogP contribution in [0.2, 0.25) is 0 Å². The molecule has 2 nitrogen and oxygen atoms in total. The molecule has 1 aromatic rings. The average Bonchev–Trinajstić information content (AvgIpc) is 2.96. The quantitative estimate of drug-likeness (QED) is 0.626. The highest BCUT2D eigenvalue weighted by atomic mass is 16.3. The Bertz CT molecular complexity index is 480. The van der Waals surface area contributed by atoms with Gasteiger partial charge in [-0.2, -0.15) is 0 Å². The standard InChI is InChI=1S/C16H21NO/c1-10-7-14(5-6-16(10)18)17-11(2)15-9-12-3-4-13(15)8-12/h3-7,11-13,15,17-18H,8-9H2,1-2H3. The molecule has 0 heterocycles. The number of allylic oxidation sites excluding steroid dienone is 2. The number of anilines is 1. The molecule has 0 aromatic heterocycles. The van der Waals surface area contributed by atoms with Crippen LogP contribution < -0.4 is 5.32 Å². The van der Waals surface area contributed by atoms with Crippen molar-refractivity contribution in [3.8, 4) is 5.75 Å². The molecule has 1 fully saturated rings. The number of rotatable bonds is 3. The third kappa shape index (κ3) is 2.00. The molecule has 2 aliphatic carbocycles. The molecule has 3 rings (SSSR count). The van der Waals surface area contributed by atoms with Crippen molar-refractivity contribution in [3.05, 3.63) is 35.9 Å². The Kier molecular flexibility index (Phi) is 2.81. The molecule has 0 saturated heterocycles. The van der Waals surface area contributed by atoms with Crippen molar-refractivity contribution in [1.82, 2.24) is 0 Å². The van der Waals surface area contributed by atoms with Crippen LogP contribution in [-0.4, -0.2) is 11.1 Å². The summed E-state index contributed by atoms with van der Waals surface area (Å²) in [6.07, 6.45) is 7.47. The van der Waals surface area contributed by atoms with Crippen LogP contribution in [0.5, 0.6) is 5.75 Å². The van der Waals surface area contributed by atoms with Gasteiger partial charge in [-0.05, 0) is 68.2 Å². The number of phenolic OH excluding ortho intramolecular Hbond substituents is 1. The molecule has 2 N–H and O–H groups in total. The molecular formula is C16H21NO. The first-order valence-electron chi connectivity index (χ1n) is 6.88. The largest absolute Gasteiger partial charge is 0.508 e. The molecule has 2 heteroatoms. The van der Waals surface area contributed by atoms with E-state index in [1.54, 1.807) is 6.07 Å². The molecule has 4 unspecified atom stereocenters. The maximum absolute atomic E-state index is 9.54. The lowest BCUT2D eigenvalue weighted by atomic mass is 9.87. The van der Waals surface area contributed by atoms with Crippen LogP contribution in [0.15, 0.2) is 30.4 Å². The molecule has 0 spiro atoms. The second-order valence-electron chi connectivity index (χ2n) is 5.88. The molecule has 0 radical (unpaired) electrons. The van der Waals surface area contributed by atoms with Gasteiger partial charge in [0.05, 0.1) is 0 Å². The molecular weight excluding hydrogens is 222 g/mol. The van der Waals surface area contributed by atoms with Crippen molar-refractivity contribution in [1.29, 1.82) is 0 Å². The van der Waals surface area contributed by atoms with Gasteiger partial charge in [-0.3, -0.25) is 0 Å². The van der Waals surface area contributed by atoms with Gasteiger partial charge in [0.15, 0.2) is 0 Å². The Labute approximate surface area is 109 Å². The van der Waals surface area contributed by atoms with Gasteiger partial charge in [-0.15, -0.1) is 0 Å². The van der Waals surface area contributed by atoms with E-state index in [1.165, 1.54) is 12.8 Å². The van der Waals surface area contributed by atoms with Gasteiger partial charge < -0.3 is 10.4 Å². The minimum absolute atomic E-state index is 0.371. The molecule has 2 aliphatic rings. The fourth-order valence-corrected chi connectivity index (χ4v) is 3.51. The van der Waals surface area contributed by atoms with Crippen LogP contribution in [0.3, 0.4) is 0 Å². The lowest BCUT2D eigenvalue weighted by molar-refractivity contribution is 0.400. The molecule has 2 bridgehead atoms. The first-order chi connectivity index (χ1) is 8.63. The van der Waals surface area contributed by atoms with Gasteiger partial charge in [0.2, 0.25) is 0 Å². The summed E-state index contributed by atoms with van der Waals surface area (Å²) in [7, 11) is 0. The lowest BCUT2D eigenvalue weighted by Gasteiger charge is -2.27. The summed E-state index contributed by atoms with van der Waals surface area (Å²) in [6.45, 7) is 4.22. The zero-order valence-corrected chi connectivity index (χ0v) is 11.1. The number of benzene rings is 1. The predicted octanol–water partition coefficient (Wildman–Crippen LogP) is 3.71. The fraction of sp³-hybridized carbons (Fsp3) is 0.500. The summed E-state index contributed by atoms with van der Waals surface area (Å²) in [6, 6.07) is 6.25. The van der Waals surface area contributed by atoms with E-state index in [-0.39, 0.29) is 0 Å². The molecule has 0 amide bonds. The van der Waals surface area contributed by atoms with Crippen molar-refractivity contribution in [2.45, 2.75) is 32.7 Å². The number of hydrogen-bond donors (Lipinski definition) is 2. The van der Waals surface area contributed by atoms with E-state index in [9.17, 15) is 5.11 Å². The number of fused-ring (bicyclic) bond motifs is 2. The van der Waals surface area contributed by atoms with Crippen LogP contribution in [0.25, 0.3) is 0 Å². The van der Waals surface area contributed by atoms with E-state index >= 15 is 0 Å². The number of nitrogens with one attached hydrogen (secondary N) is 1. The van der Waals surface area contributed by atoms with Gasteiger partial charge >= 0.3 is 0 Å². The summed E-state index contributed by atoms with van der Waals surface area (Å²) >= 11 is 0. The molecule has 18 heavy (non-hydrogen) atoms. The highest BCUT2D eigenvalue weighted by molar-refractivity contribution is 5.51. The Hall–Kier alpha value is -1.44. The summed E-state index contributed by atoms with van der Waals surface area (Å²) in [5.41, 5.74) is 2.05. The highest BCUT2D eigenvalue weighted by Gasteiger charge is 2.38. The minimum atomic E-state index is 0.371. The molecule has 4 atom stereocenters. The van der Waals surface area contributed by atoms with Gasteiger partial charge in [-0.1, -0.05) is 12.2 Å². The lowest BCUT2D eigenvalue weighted by Crippen LogP contribution is -2.28. The van der Waals surface area contributed by atoms with Crippen molar-refractivity contribution in [3.63, 3.8) is 0 Å². The van der Waals surface area contributed by atoms with Crippen LogP contribution in [-0.2, 0) is 0 Å². The van der Waals surface area contributed by atoms with E-state index in [0.717, 1.165) is 29.0 Å². The Morgan fingerprint density at radius 1 is 1.28 bits per heavy atom. The normalized spacial score (nSPS) is 30.7. The summed E-state index contributed by atoms with van der Waals surface area (Å²) in [5.74, 6) is 2.73. The van der Waals surface area contributed by atoms with Gasteiger partial charge in [0.25, 0.3) is 0 Å². The van der Waals surface area contributed by atoms with Crippen LogP contribution in [0.4, 0.5) is 5.69 Å². The zero-order chi connectivity index (χ0) is 12.7. The number of aryl methyl sites for hydroxylation is 1. The van der Waals surface area contributed by atoms with E-state index in [2.05, 4.69) is 24.4 Å². The van der Waals surface area contributed by atoms with E-state index in [0.29, 0.717) is 11.8 Å². The van der Waals surface area contributed by atoms with Crippen LogP contribution in [0.1, 0.15) is 25.3 Å². The summed E-state index contributed by atoms with van der Waals surface area (Å²) < 4.78 is 0. The summed E-state index contributed by atoms with van der Waals surface area (Å²) in [5, 5.41) is 13.1. The predicted molar refractivity (Wildman–Crippen MR) is 74.8 cm³/mol.